The molecule has 2 aromatic heterocycles. The van der Waals surface area contributed by atoms with Crippen molar-refractivity contribution < 1.29 is 9.47 Å². The average Bonchev–Trinajstić information content (AvgIpc) is 3.12. The number of nitrogens with one attached hydrogen (secondary N) is 1. The largest absolute Gasteiger partial charge is 0.497 e. The summed E-state index contributed by atoms with van der Waals surface area (Å²) < 4.78 is 10.8. The lowest BCUT2D eigenvalue weighted by Crippen LogP contribution is -2.36. The van der Waals surface area contributed by atoms with Crippen LogP contribution in [0.25, 0.3) is 10.2 Å². The molecule has 1 atom stereocenters. The number of rotatable bonds is 5. The maximum Gasteiger partial charge on any atom is 0.146 e. The molecule has 1 aliphatic heterocycles. The van der Waals surface area contributed by atoms with E-state index >= 15 is 0 Å². The van der Waals surface area contributed by atoms with E-state index in [0.717, 1.165) is 79.5 Å². The fourth-order valence-electron chi connectivity index (χ4n) is 4.32. The molecule has 3 aromatic rings. The van der Waals surface area contributed by atoms with Crippen LogP contribution in [0.5, 0.6) is 5.75 Å². The third-order valence-electron chi connectivity index (χ3n) is 6.02. The molecule has 158 valence electrons. The van der Waals surface area contributed by atoms with Crippen molar-refractivity contribution in [1.82, 2.24) is 14.9 Å². The van der Waals surface area contributed by atoms with Crippen molar-refractivity contribution >= 4 is 33.1 Å². The van der Waals surface area contributed by atoms with E-state index in [2.05, 4.69) is 17.1 Å². The van der Waals surface area contributed by atoms with Gasteiger partial charge in [-0.1, -0.05) is 6.92 Å². The molecule has 6 nitrogen and oxygen atoms in total. The summed E-state index contributed by atoms with van der Waals surface area (Å²) in [6.07, 6.45) is 3.49. The molecule has 0 radical (unpaired) electrons. The summed E-state index contributed by atoms with van der Waals surface area (Å²) in [5, 5.41) is 4.79. The normalized spacial score (nSPS) is 19.6. The maximum atomic E-state index is 5.49. The molecular weight excluding hydrogens is 396 g/mol. The first-order valence-corrected chi connectivity index (χ1v) is 11.5. The lowest BCUT2D eigenvalue weighted by Gasteiger charge is -2.26. The van der Waals surface area contributed by atoms with Crippen molar-refractivity contribution in [2.24, 2.45) is 5.92 Å². The predicted octanol–water partition coefficient (Wildman–Crippen LogP) is 4.40. The van der Waals surface area contributed by atoms with Crippen molar-refractivity contribution in [3.05, 3.63) is 40.5 Å². The van der Waals surface area contributed by atoms with Crippen LogP contribution in [0.2, 0.25) is 0 Å². The van der Waals surface area contributed by atoms with Gasteiger partial charge in [0.2, 0.25) is 0 Å². The van der Waals surface area contributed by atoms with E-state index in [4.69, 9.17) is 19.4 Å². The number of aromatic nitrogens is 2. The van der Waals surface area contributed by atoms with Crippen LogP contribution in [0.4, 0.5) is 11.5 Å². The van der Waals surface area contributed by atoms with Crippen molar-refractivity contribution in [2.75, 3.05) is 38.7 Å². The number of thiophene rings is 1. The Morgan fingerprint density at radius 1 is 1.20 bits per heavy atom. The fraction of sp³-hybridized carbons (Fsp3) is 0.478. The Morgan fingerprint density at radius 2 is 2.00 bits per heavy atom. The van der Waals surface area contributed by atoms with Gasteiger partial charge in [0.05, 0.1) is 32.3 Å². The van der Waals surface area contributed by atoms with Crippen LogP contribution in [0.1, 0.15) is 29.6 Å². The van der Waals surface area contributed by atoms with Gasteiger partial charge < -0.3 is 14.8 Å². The molecule has 5 rings (SSSR count). The number of morpholine rings is 1. The van der Waals surface area contributed by atoms with Crippen molar-refractivity contribution in [1.29, 1.82) is 0 Å². The topological polar surface area (TPSA) is 59.5 Å². The van der Waals surface area contributed by atoms with E-state index in [1.807, 2.05) is 35.6 Å². The molecule has 1 aliphatic carbocycles. The summed E-state index contributed by atoms with van der Waals surface area (Å²) in [6.45, 7) is 6.53. The zero-order valence-electron chi connectivity index (χ0n) is 17.6. The van der Waals surface area contributed by atoms with Gasteiger partial charge >= 0.3 is 0 Å². The summed E-state index contributed by atoms with van der Waals surface area (Å²) >= 11 is 1.86. The molecule has 1 N–H and O–H groups in total. The van der Waals surface area contributed by atoms with Gasteiger partial charge in [-0.2, -0.15) is 0 Å². The van der Waals surface area contributed by atoms with E-state index in [0.29, 0.717) is 0 Å². The quantitative estimate of drug-likeness (QED) is 0.655. The number of nitrogens with zero attached hydrogens (tertiary/aromatic N) is 3. The van der Waals surface area contributed by atoms with Gasteiger partial charge in [0.1, 0.15) is 22.2 Å². The lowest BCUT2D eigenvalue weighted by molar-refractivity contribution is 0.0331. The first kappa shape index (κ1) is 19.7. The second-order valence-corrected chi connectivity index (χ2v) is 9.35. The van der Waals surface area contributed by atoms with Crippen LogP contribution in [-0.4, -0.2) is 48.3 Å². The van der Waals surface area contributed by atoms with Crippen LogP contribution in [-0.2, 0) is 24.1 Å². The smallest absolute Gasteiger partial charge is 0.146 e. The van der Waals surface area contributed by atoms with E-state index in [1.54, 1.807) is 7.11 Å². The first-order chi connectivity index (χ1) is 14.7. The van der Waals surface area contributed by atoms with Gasteiger partial charge in [0.25, 0.3) is 0 Å². The Bertz CT molecular complexity index is 1030. The monoisotopic (exact) mass is 424 g/mol. The standard InChI is InChI=1S/C23H28N4O2S/c1-15-3-8-18-19(13-15)30-23-21(18)22(24-16-4-6-17(28-2)7-5-16)25-20(26-23)14-27-9-11-29-12-10-27/h4-7,15H,3,8-14H2,1-2H3,(H,24,25,26)/t15-/m1/s1. The number of aryl methyl sites for hydroxylation is 1. The number of fused-ring (bicyclic) bond motifs is 3. The number of hydrogen-bond acceptors (Lipinski definition) is 7. The zero-order valence-corrected chi connectivity index (χ0v) is 18.4. The summed E-state index contributed by atoms with van der Waals surface area (Å²) in [5.41, 5.74) is 2.46. The number of hydrogen-bond donors (Lipinski definition) is 1. The van der Waals surface area contributed by atoms with Gasteiger partial charge in [-0.25, -0.2) is 9.97 Å². The van der Waals surface area contributed by atoms with Crippen LogP contribution in [0, 0.1) is 5.92 Å². The summed E-state index contributed by atoms with van der Waals surface area (Å²) in [4.78, 5) is 15.0. The third kappa shape index (κ3) is 4.02. The van der Waals surface area contributed by atoms with Crippen LogP contribution >= 0.6 is 11.3 Å². The van der Waals surface area contributed by atoms with Crippen LogP contribution in [0.15, 0.2) is 24.3 Å². The molecule has 1 saturated heterocycles. The summed E-state index contributed by atoms with van der Waals surface area (Å²) in [5.74, 6) is 3.40. The molecule has 1 aromatic carbocycles. The highest BCUT2D eigenvalue weighted by Gasteiger charge is 2.24. The lowest BCUT2D eigenvalue weighted by atomic mass is 9.89. The zero-order chi connectivity index (χ0) is 20.5. The second kappa shape index (κ2) is 8.49. The minimum absolute atomic E-state index is 0.740. The molecular formula is C23H28N4O2S. The van der Waals surface area contributed by atoms with E-state index < -0.39 is 0 Å². The first-order valence-electron chi connectivity index (χ1n) is 10.7. The summed E-state index contributed by atoms with van der Waals surface area (Å²) in [6, 6.07) is 8.02. The van der Waals surface area contributed by atoms with Crippen LogP contribution < -0.4 is 10.1 Å². The van der Waals surface area contributed by atoms with Gasteiger partial charge in [-0.15, -0.1) is 11.3 Å². The highest BCUT2D eigenvalue weighted by molar-refractivity contribution is 7.19. The molecule has 0 saturated carbocycles. The fourth-order valence-corrected chi connectivity index (χ4v) is 5.72. The molecule has 0 bridgehead atoms. The molecule has 0 unspecified atom stereocenters. The minimum Gasteiger partial charge on any atom is -0.497 e. The Hall–Kier alpha value is -2.22. The van der Waals surface area contributed by atoms with E-state index in [9.17, 15) is 0 Å². The number of anilines is 2. The molecule has 3 heterocycles. The van der Waals surface area contributed by atoms with Crippen LogP contribution in [0.3, 0.4) is 0 Å². The third-order valence-corrected chi connectivity index (χ3v) is 7.17. The Kier molecular flexibility index (Phi) is 5.58. The molecule has 0 spiro atoms. The van der Waals surface area contributed by atoms with E-state index in [-0.39, 0.29) is 0 Å². The van der Waals surface area contributed by atoms with Crippen molar-refractivity contribution in [3.63, 3.8) is 0 Å². The highest BCUT2D eigenvalue weighted by atomic mass is 32.1. The average molecular weight is 425 g/mol. The Balaban J connectivity index is 1.53. The van der Waals surface area contributed by atoms with Gasteiger partial charge in [-0.3, -0.25) is 4.90 Å². The molecule has 1 fully saturated rings. The van der Waals surface area contributed by atoms with Gasteiger partial charge in [-0.05, 0) is 55.0 Å². The van der Waals surface area contributed by atoms with Gasteiger partial charge in [0.15, 0.2) is 0 Å². The molecule has 2 aliphatic rings. The molecule has 30 heavy (non-hydrogen) atoms. The maximum absolute atomic E-state index is 5.49. The van der Waals surface area contributed by atoms with Crippen molar-refractivity contribution in [2.45, 2.75) is 32.7 Å². The summed E-state index contributed by atoms with van der Waals surface area (Å²) in [7, 11) is 1.69. The minimum atomic E-state index is 0.740. The van der Waals surface area contributed by atoms with Gasteiger partial charge in [0, 0.05) is 23.7 Å². The Morgan fingerprint density at radius 3 is 2.77 bits per heavy atom. The SMILES string of the molecule is COc1ccc(Nc2nc(CN3CCOCC3)nc3sc4c(c23)CC[C@@H](C)C4)cc1. The highest BCUT2D eigenvalue weighted by Crippen LogP contribution is 2.40. The number of ether oxygens (including phenoxy) is 2. The Labute approximate surface area is 181 Å². The molecule has 7 heteroatoms. The number of methoxy groups -OCH3 is 1. The second-order valence-electron chi connectivity index (χ2n) is 8.26. The molecule has 0 amide bonds. The predicted molar refractivity (Wildman–Crippen MR) is 121 cm³/mol. The van der Waals surface area contributed by atoms with E-state index in [1.165, 1.54) is 22.2 Å². The van der Waals surface area contributed by atoms with Crippen molar-refractivity contribution in [3.8, 4) is 5.75 Å². The number of benzene rings is 1.